The largest absolute Gasteiger partial charge is 0.478 e. The Morgan fingerprint density at radius 3 is 2.50 bits per heavy atom. The summed E-state index contributed by atoms with van der Waals surface area (Å²) >= 11 is 0. The van der Waals surface area contributed by atoms with Crippen molar-refractivity contribution in [2.24, 2.45) is 0 Å². The second-order valence-electron chi connectivity index (χ2n) is 2.09. The third kappa shape index (κ3) is 0.877. The van der Waals surface area contributed by atoms with Gasteiger partial charge in [0.2, 0.25) is 5.91 Å². The molecule has 1 aliphatic heterocycles. The van der Waals surface area contributed by atoms with Crippen molar-refractivity contribution >= 4 is 11.9 Å². The molecule has 0 aromatic carbocycles. The molecular formula is C6H7NO3. The second kappa shape index (κ2) is 2.13. The number of carbonyl (C=O) groups is 2. The second-order valence-corrected chi connectivity index (χ2v) is 2.09. The van der Waals surface area contributed by atoms with Gasteiger partial charge in [-0.2, -0.15) is 0 Å². The summed E-state index contributed by atoms with van der Waals surface area (Å²) in [6.07, 6.45) is 0. The zero-order valence-electron chi connectivity index (χ0n) is 5.47. The molecule has 1 rings (SSSR count). The summed E-state index contributed by atoms with van der Waals surface area (Å²) in [7, 11) is 0. The van der Waals surface area contributed by atoms with Crippen LogP contribution in [0, 0.1) is 0 Å². The molecule has 0 aromatic heterocycles. The average Bonchev–Trinajstić information content (AvgIpc) is 2.14. The molecule has 1 aliphatic rings. The first-order valence-electron chi connectivity index (χ1n) is 2.84. The zero-order chi connectivity index (χ0) is 7.72. The van der Waals surface area contributed by atoms with E-state index in [0.717, 1.165) is 0 Å². The van der Waals surface area contributed by atoms with E-state index in [4.69, 9.17) is 5.11 Å². The van der Waals surface area contributed by atoms with Crippen LogP contribution < -0.4 is 5.32 Å². The number of carboxylic acids is 1. The van der Waals surface area contributed by atoms with Crippen LogP contribution in [-0.2, 0) is 9.59 Å². The summed E-state index contributed by atoms with van der Waals surface area (Å²) in [5, 5.41) is 10.9. The van der Waals surface area contributed by atoms with Gasteiger partial charge in [0.05, 0.1) is 12.1 Å². The van der Waals surface area contributed by atoms with Crippen LogP contribution >= 0.6 is 0 Å². The van der Waals surface area contributed by atoms with Crippen LogP contribution in [0.1, 0.15) is 6.92 Å². The van der Waals surface area contributed by atoms with E-state index in [1.165, 1.54) is 6.92 Å². The Balaban J connectivity index is 2.96. The Hall–Kier alpha value is -1.32. The third-order valence-electron chi connectivity index (χ3n) is 1.48. The van der Waals surface area contributed by atoms with Crippen molar-refractivity contribution in [1.82, 2.24) is 5.32 Å². The first-order valence-corrected chi connectivity index (χ1v) is 2.84. The van der Waals surface area contributed by atoms with Crippen LogP contribution in [0.15, 0.2) is 11.1 Å². The predicted molar refractivity (Wildman–Crippen MR) is 33.3 cm³/mol. The highest BCUT2D eigenvalue weighted by Gasteiger charge is 2.22. The molecule has 0 unspecified atom stereocenters. The van der Waals surface area contributed by atoms with Crippen LogP contribution in [0.4, 0.5) is 0 Å². The summed E-state index contributed by atoms with van der Waals surface area (Å²) in [5.74, 6) is -1.30. The number of aliphatic carboxylic acids is 1. The van der Waals surface area contributed by atoms with E-state index in [9.17, 15) is 9.59 Å². The Bertz CT molecular complexity index is 229. The van der Waals surface area contributed by atoms with E-state index >= 15 is 0 Å². The molecule has 0 fully saturated rings. The summed E-state index contributed by atoms with van der Waals surface area (Å²) < 4.78 is 0. The van der Waals surface area contributed by atoms with Crippen molar-refractivity contribution in [3.63, 3.8) is 0 Å². The quantitative estimate of drug-likeness (QED) is 0.518. The molecule has 0 aromatic rings. The van der Waals surface area contributed by atoms with Crippen molar-refractivity contribution in [2.75, 3.05) is 6.54 Å². The van der Waals surface area contributed by atoms with Gasteiger partial charge in [0.25, 0.3) is 0 Å². The van der Waals surface area contributed by atoms with Gasteiger partial charge in [-0.15, -0.1) is 0 Å². The van der Waals surface area contributed by atoms with Crippen molar-refractivity contribution in [2.45, 2.75) is 6.92 Å². The molecule has 0 saturated heterocycles. The van der Waals surface area contributed by atoms with E-state index in [1.54, 1.807) is 0 Å². The lowest BCUT2D eigenvalue weighted by Gasteiger charge is -1.89. The number of carbonyl (C=O) groups excluding carboxylic acids is 1. The Kier molecular flexibility index (Phi) is 1.45. The van der Waals surface area contributed by atoms with Crippen LogP contribution in [0.25, 0.3) is 0 Å². The summed E-state index contributed by atoms with van der Waals surface area (Å²) in [6, 6.07) is 0. The van der Waals surface area contributed by atoms with Gasteiger partial charge in [0.15, 0.2) is 0 Å². The highest BCUT2D eigenvalue weighted by molar-refractivity contribution is 6.05. The minimum atomic E-state index is -1.02. The average molecular weight is 141 g/mol. The molecule has 54 valence electrons. The molecule has 0 radical (unpaired) electrons. The smallest absolute Gasteiger partial charge is 0.333 e. The lowest BCUT2D eigenvalue weighted by molar-refractivity contribution is -0.132. The molecule has 4 nitrogen and oxygen atoms in total. The molecule has 0 saturated carbocycles. The van der Waals surface area contributed by atoms with E-state index in [1.807, 2.05) is 0 Å². The fourth-order valence-corrected chi connectivity index (χ4v) is 0.807. The van der Waals surface area contributed by atoms with Gasteiger partial charge < -0.3 is 10.4 Å². The van der Waals surface area contributed by atoms with Crippen molar-refractivity contribution in [1.29, 1.82) is 0 Å². The third-order valence-corrected chi connectivity index (χ3v) is 1.48. The molecule has 0 bridgehead atoms. The first kappa shape index (κ1) is 6.80. The minimum absolute atomic E-state index is 0.153. The van der Waals surface area contributed by atoms with Crippen LogP contribution in [0.5, 0.6) is 0 Å². The number of hydrogen-bond acceptors (Lipinski definition) is 2. The molecule has 0 aliphatic carbocycles. The van der Waals surface area contributed by atoms with Crippen LogP contribution in [-0.4, -0.2) is 23.5 Å². The van der Waals surface area contributed by atoms with Gasteiger partial charge in [-0.3, -0.25) is 4.79 Å². The number of hydrogen-bond donors (Lipinski definition) is 2. The Labute approximate surface area is 57.5 Å². The zero-order valence-corrected chi connectivity index (χ0v) is 5.47. The minimum Gasteiger partial charge on any atom is -0.478 e. The Morgan fingerprint density at radius 2 is 2.30 bits per heavy atom. The number of carboxylic acid groups (broad SMARTS) is 1. The van der Waals surface area contributed by atoms with E-state index < -0.39 is 5.97 Å². The van der Waals surface area contributed by atoms with E-state index in [-0.39, 0.29) is 18.0 Å². The molecule has 0 spiro atoms. The Morgan fingerprint density at radius 1 is 1.70 bits per heavy atom. The van der Waals surface area contributed by atoms with Gasteiger partial charge in [-0.25, -0.2) is 4.79 Å². The number of rotatable bonds is 1. The highest BCUT2D eigenvalue weighted by Crippen LogP contribution is 2.09. The van der Waals surface area contributed by atoms with Gasteiger partial charge in [-0.1, -0.05) is 0 Å². The predicted octanol–water partition coefficient (Wildman–Crippen LogP) is -0.483. The van der Waals surface area contributed by atoms with Crippen molar-refractivity contribution in [3.8, 4) is 0 Å². The fraction of sp³-hybridized carbons (Fsp3) is 0.333. The highest BCUT2D eigenvalue weighted by atomic mass is 16.4. The van der Waals surface area contributed by atoms with Crippen LogP contribution in [0.3, 0.4) is 0 Å². The fourth-order valence-electron chi connectivity index (χ4n) is 0.807. The molecule has 4 heteroatoms. The topological polar surface area (TPSA) is 66.4 Å². The monoisotopic (exact) mass is 141 g/mol. The molecule has 2 N–H and O–H groups in total. The summed E-state index contributed by atoms with van der Waals surface area (Å²) in [5.41, 5.74) is 0.484. The number of amides is 1. The summed E-state index contributed by atoms with van der Waals surface area (Å²) in [6.45, 7) is 1.66. The molecule has 0 atom stereocenters. The maximum absolute atomic E-state index is 10.7. The van der Waals surface area contributed by atoms with E-state index in [2.05, 4.69) is 5.32 Å². The number of nitrogens with one attached hydrogen (secondary N) is 1. The van der Waals surface area contributed by atoms with Gasteiger partial charge in [-0.05, 0) is 6.92 Å². The molecule has 10 heavy (non-hydrogen) atoms. The lowest BCUT2D eigenvalue weighted by Crippen LogP contribution is -2.17. The molecule has 1 amide bonds. The van der Waals surface area contributed by atoms with Gasteiger partial charge >= 0.3 is 5.97 Å². The van der Waals surface area contributed by atoms with Crippen LogP contribution in [0.2, 0.25) is 0 Å². The molecule has 1 heterocycles. The standard InChI is InChI=1S/C6H7NO3/c1-3-4(6(9)10)2-7-5(3)8/h2H2,1H3,(H,7,8)(H,9,10). The van der Waals surface area contributed by atoms with Crippen molar-refractivity contribution in [3.05, 3.63) is 11.1 Å². The van der Waals surface area contributed by atoms with E-state index in [0.29, 0.717) is 5.57 Å². The normalized spacial score (nSPS) is 17.5. The summed E-state index contributed by atoms with van der Waals surface area (Å²) in [4.78, 5) is 21.0. The van der Waals surface area contributed by atoms with Crippen molar-refractivity contribution < 1.29 is 14.7 Å². The lowest BCUT2D eigenvalue weighted by atomic mass is 10.2. The maximum atomic E-state index is 10.7. The maximum Gasteiger partial charge on any atom is 0.333 e. The SMILES string of the molecule is CC1=C(C(=O)O)CNC1=O. The molecular weight excluding hydrogens is 134 g/mol. The van der Waals surface area contributed by atoms with Gasteiger partial charge in [0.1, 0.15) is 0 Å². The van der Waals surface area contributed by atoms with Gasteiger partial charge in [0, 0.05) is 5.57 Å². The first-order chi connectivity index (χ1) is 4.63.